The molecule has 22 heteroatoms. The van der Waals surface area contributed by atoms with E-state index in [0.717, 1.165) is 0 Å². The number of nitrogens with one attached hydrogen (secondary N) is 2. The lowest BCUT2D eigenvalue weighted by molar-refractivity contribution is -0.156. The Hall–Kier alpha value is -6.10. The van der Waals surface area contributed by atoms with Gasteiger partial charge in [-0.05, 0) is 86.9 Å². The average Bonchev–Trinajstić information content (AvgIpc) is 3.94. The predicted octanol–water partition coefficient (Wildman–Crippen LogP) is 5.73. The maximum Gasteiger partial charge on any atom is 0.406 e. The van der Waals surface area contributed by atoms with Crippen molar-refractivity contribution in [2.45, 2.75) is 115 Å². The van der Waals surface area contributed by atoms with E-state index in [2.05, 4.69) is 32.5 Å². The van der Waals surface area contributed by atoms with Gasteiger partial charge in [-0.15, -0.1) is 0 Å². The molecule has 1 aromatic carbocycles. The Morgan fingerprint density at radius 3 is 2.51 bits per heavy atom. The van der Waals surface area contributed by atoms with Gasteiger partial charge in [0.1, 0.15) is 30.1 Å². The number of halogens is 3. The van der Waals surface area contributed by atoms with Crippen LogP contribution in [0.15, 0.2) is 59.9 Å². The molecular formula is C52H65F3N9O9Si. The number of hydrogen-bond acceptors (Lipinski definition) is 12. The Balaban J connectivity index is 1.15. The molecule has 0 aliphatic carbocycles. The third kappa shape index (κ3) is 11.3. The summed E-state index contributed by atoms with van der Waals surface area (Å²) in [5, 5.41) is 2.71. The van der Waals surface area contributed by atoms with E-state index in [1.54, 1.807) is 67.1 Å². The highest BCUT2D eigenvalue weighted by molar-refractivity contribution is 6.29. The van der Waals surface area contributed by atoms with Crippen LogP contribution in [0.3, 0.4) is 0 Å². The molecule has 5 amide bonds. The number of rotatable bonds is 9. The van der Waals surface area contributed by atoms with E-state index in [0.29, 0.717) is 86.2 Å². The molecule has 4 aromatic rings. The summed E-state index contributed by atoms with van der Waals surface area (Å²) < 4.78 is 69.3. The largest absolute Gasteiger partial charge is 0.464 e. The molecule has 2 N–H and O–H groups in total. The molecule has 1 unspecified atom stereocenters. The third-order valence-corrected chi connectivity index (χ3v) is 15.1. The molecule has 8 rings (SSSR count). The summed E-state index contributed by atoms with van der Waals surface area (Å²) in [5.41, 5.74) is 4.19. The Morgan fingerprint density at radius 1 is 1.08 bits per heavy atom. The van der Waals surface area contributed by atoms with Crippen LogP contribution in [0.2, 0.25) is 0 Å². The van der Waals surface area contributed by atoms with Crippen molar-refractivity contribution in [2.75, 3.05) is 60.1 Å². The highest BCUT2D eigenvalue weighted by Crippen LogP contribution is 2.43. The van der Waals surface area contributed by atoms with Crippen molar-refractivity contribution < 1.29 is 55.8 Å². The fraction of sp³-hybridized carbons (Fsp3) is 0.558. The van der Waals surface area contributed by atoms with Gasteiger partial charge in [0.25, 0.3) is 5.91 Å². The summed E-state index contributed by atoms with van der Waals surface area (Å²) in [4.78, 5) is 84.5. The van der Waals surface area contributed by atoms with Crippen molar-refractivity contribution in [3.05, 3.63) is 72.4 Å². The Labute approximate surface area is 431 Å². The van der Waals surface area contributed by atoms with Crippen LogP contribution in [0.25, 0.3) is 33.6 Å². The summed E-state index contributed by atoms with van der Waals surface area (Å²) >= 11 is 0. The number of fused-ring (bicyclic) bond motifs is 6. The number of piperidine rings is 1. The molecule has 3 aromatic heterocycles. The van der Waals surface area contributed by atoms with Gasteiger partial charge in [0.2, 0.25) is 17.7 Å². The lowest BCUT2D eigenvalue weighted by atomic mass is 9.84. The summed E-state index contributed by atoms with van der Waals surface area (Å²) in [6.45, 7) is 13.2. The molecular weight excluding hydrogens is 980 g/mol. The number of esters is 1. The number of carbonyl (C=O) groups excluding carboxylic acids is 5. The summed E-state index contributed by atoms with van der Waals surface area (Å²) in [5.74, 6) is -2.49. The molecule has 397 valence electrons. The molecule has 7 heterocycles. The highest BCUT2D eigenvalue weighted by atomic mass is 28.1. The molecule has 1 spiro atoms. The van der Waals surface area contributed by atoms with Crippen molar-refractivity contribution in [3.63, 3.8) is 0 Å². The molecule has 3 fully saturated rings. The van der Waals surface area contributed by atoms with E-state index in [1.165, 1.54) is 41.0 Å². The quantitative estimate of drug-likeness (QED) is 0.118. The number of likely N-dealkylation sites (N-methyl/N-ethyl adjacent to an activating group) is 1. The zero-order valence-corrected chi connectivity index (χ0v) is 44.0. The normalized spacial score (nSPS) is 22.3. The molecule has 18 nitrogen and oxygen atoms in total. The van der Waals surface area contributed by atoms with Gasteiger partial charge in [-0.3, -0.25) is 29.2 Å². The van der Waals surface area contributed by atoms with Crippen molar-refractivity contribution >= 4 is 50.9 Å². The van der Waals surface area contributed by atoms with Crippen molar-refractivity contribution in [2.24, 2.45) is 11.3 Å². The van der Waals surface area contributed by atoms with Crippen molar-refractivity contribution in [1.82, 2.24) is 45.0 Å². The van der Waals surface area contributed by atoms with Crippen LogP contribution < -0.4 is 10.7 Å². The van der Waals surface area contributed by atoms with Crippen LogP contribution >= 0.6 is 0 Å². The smallest absolute Gasteiger partial charge is 0.406 e. The van der Waals surface area contributed by atoms with E-state index in [9.17, 15) is 37.1 Å². The van der Waals surface area contributed by atoms with Crippen LogP contribution in [0.5, 0.6) is 0 Å². The number of benzene rings is 1. The SMILES string of the molecule is C=CC(=O)N1CCOC2(CCN(C(=O)N(C)[C@H](C(=O)NC3([Si])Cc4coc(n4)-c4ccc5c(c4)c(c(-c4cccnc4[C@H](C)OC)n5CC(F)(F)F)CC(C)(C)COC(=O)[C@@H]4CCCN(N4)C3=O)C(C)C)CC2)C1. The number of oxazole rings is 1. The average molecular weight is 1050 g/mol. The summed E-state index contributed by atoms with van der Waals surface area (Å²) in [7, 11) is 6.75. The fourth-order valence-electron chi connectivity index (χ4n) is 10.8. The summed E-state index contributed by atoms with van der Waals surface area (Å²) in [6.07, 6.45) is 0.488. The van der Waals surface area contributed by atoms with E-state index in [-0.39, 0.29) is 54.7 Å². The number of carbonyl (C=O) groups is 5. The number of urea groups is 1. The number of alkyl halides is 3. The number of hydrogen-bond donors (Lipinski definition) is 2. The first-order chi connectivity index (χ1) is 35.0. The van der Waals surface area contributed by atoms with E-state index in [1.807, 2.05) is 13.8 Å². The van der Waals surface area contributed by atoms with Crippen LogP contribution in [-0.2, 0) is 52.8 Å². The second-order valence-electron chi connectivity index (χ2n) is 21.1. The second kappa shape index (κ2) is 21.3. The van der Waals surface area contributed by atoms with Gasteiger partial charge >= 0.3 is 18.2 Å². The van der Waals surface area contributed by atoms with Crippen LogP contribution in [-0.4, -0.2) is 163 Å². The lowest BCUT2D eigenvalue weighted by Gasteiger charge is -2.48. The highest BCUT2D eigenvalue weighted by Gasteiger charge is 2.47. The molecule has 4 aliphatic heterocycles. The number of amides is 5. The van der Waals surface area contributed by atoms with Gasteiger partial charge in [0, 0.05) is 80.4 Å². The molecule has 74 heavy (non-hydrogen) atoms. The third-order valence-electron chi connectivity index (χ3n) is 14.6. The van der Waals surface area contributed by atoms with Gasteiger partial charge in [-0.1, -0.05) is 34.3 Å². The minimum absolute atomic E-state index is 0.0960. The van der Waals surface area contributed by atoms with Crippen LogP contribution in [0, 0.1) is 11.3 Å². The zero-order valence-electron chi connectivity index (χ0n) is 43.0. The number of aromatic nitrogens is 3. The predicted molar refractivity (Wildman–Crippen MR) is 267 cm³/mol. The Bertz CT molecular complexity index is 2790. The Morgan fingerprint density at radius 2 is 1.82 bits per heavy atom. The maximum atomic E-state index is 15.0. The van der Waals surface area contributed by atoms with Crippen LogP contribution in [0.1, 0.15) is 83.4 Å². The number of cyclic esters (lactones) is 1. The Kier molecular flexibility index (Phi) is 15.6. The van der Waals surface area contributed by atoms with E-state index >= 15 is 0 Å². The maximum absolute atomic E-state index is 15.0. The van der Waals surface area contributed by atoms with E-state index in [4.69, 9.17) is 23.6 Å². The van der Waals surface area contributed by atoms with Gasteiger partial charge in [0.15, 0.2) is 0 Å². The molecule has 3 saturated heterocycles. The standard InChI is InChI=1S/C52H65F3N9O9Si/c1-9-40(65)62-22-23-73-50(28-62)16-20-61(21-17-50)48(69)60(7)42(31(2)3)44(66)58-51(74)25-34-27-71-45(57-34)33-14-15-39-36(24-33)37(26-49(5,6)30-72-46(67)38-13-11-19-64(59-38)47(51)68)43(63(39)29-52(53,54)55)35-12-10-18-56-41(35)32(4)70-8/h9-10,12,14-15,18,24,27,31-32,38,42,59H,1,11,13,16-17,19-23,25-26,28-30H2,2-8H3,(H,58,66)/t32-,38-,42-,51?/m0/s1. The minimum Gasteiger partial charge on any atom is -0.464 e. The second-order valence-corrected chi connectivity index (χ2v) is 21.9. The van der Waals surface area contributed by atoms with Gasteiger partial charge in [-0.25, -0.2) is 15.2 Å². The van der Waals surface area contributed by atoms with Crippen molar-refractivity contribution in [1.29, 1.82) is 0 Å². The number of morpholine rings is 1. The van der Waals surface area contributed by atoms with Gasteiger partial charge < -0.3 is 43.2 Å². The number of nitrogens with zero attached hydrogens (tertiary/aromatic N) is 7. The van der Waals surface area contributed by atoms with E-state index < -0.39 is 76.8 Å². The lowest BCUT2D eigenvalue weighted by Crippen LogP contribution is -2.69. The molecule has 4 aliphatic rings. The first kappa shape index (κ1) is 54.2. The zero-order chi connectivity index (χ0) is 53.5. The number of methoxy groups -OCH3 is 1. The topological polar surface area (TPSA) is 194 Å². The monoisotopic (exact) mass is 1040 g/mol. The minimum atomic E-state index is -4.63. The van der Waals surface area contributed by atoms with Crippen LogP contribution in [0.4, 0.5) is 18.0 Å². The van der Waals surface area contributed by atoms with Gasteiger partial charge in [0.05, 0.1) is 58.8 Å². The first-order valence-corrected chi connectivity index (χ1v) is 25.5. The van der Waals surface area contributed by atoms with Crippen molar-refractivity contribution in [3.8, 4) is 22.7 Å². The first-order valence-electron chi connectivity index (χ1n) is 25.0. The number of ether oxygens (including phenoxy) is 3. The summed E-state index contributed by atoms with van der Waals surface area (Å²) in [6, 6.07) is 5.84. The van der Waals surface area contributed by atoms with Gasteiger partial charge in [-0.2, -0.15) is 13.2 Å². The fourth-order valence-corrected chi connectivity index (χ4v) is 11.2. The molecule has 0 saturated carbocycles. The number of hydrazine groups is 1. The molecule has 6 bridgehead atoms. The number of likely N-dealkylation sites (tertiary alicyclic amines) is 1. The molecule has 3 radical (unpaired) electrons. The molecule has 4 atom stereocenters. The number of pyridine rings is 1.